The predicted molar refractivity (Wildman–Crippen MR) is 36.1 cm³/mol. The number of ether oxygens (including phenoxy) is 1. The maximum atomic E-state index is 9.21. The van der Waals surface area contributed by atoms with E-state index in [1.165, 1.54) is 0 Å². The van der Waals surface area contributed by atoms with Crippen molar-refractivity contribution in [3.8, 4) is 12.3 Å². The van der Waals surface area contributed by atoms with Crippen molar-refractivity contribution < 1.29 is 9.84 Å². The highest BCUT2D eigenvalue weighted by Gasteiger charge is 2.56. The van der Waals surface area contributed by atoms with Crippen LogP contribution in [-0.4, -0.2) is 24.4 Å². The first-order chi connectivity index (χ1) is 4.84. The molecule has 1 aliphatic carbocycles. The Kier molecular flexibility index (Phi) is 1.23. The monoisotopic (exact) mass is 138 g/mol. The largest absolute Gasteiger partial charge is 0.381 e. The number of aliphatic hydroxyl groups is 1. The molecule has 1 saturated carbocycles. The third-order valence-corrected chi connectivity index (χ3v) is 2.55. The first-order valence-electron chi connectivity index (χ1n) is 3.56. The highest BCUT2D eigenvalue weighted by molar-refractivity contribution is 5.11. The summed E-state index contributed by atoms with van der Waals surface area (Å²) in [5.74, 6) is 3.82. The molecule has 0 spiro atoms. The molecule has 1 saturated heterocycles. The number of fused-ring (bicyclic) bond motifs is 1. The lowest BCUT2D eigenvalue weighted by Crippen LogP contribution is -2.12. The first-order valence-corrected chi connectivity index (χ1v) is 3.56. The Morgan fingerprint density at radius 1 is 1.50 bits per heavy atom. The van der Waals surface area contributed by atoms with Crippen LogP contribution in [0, 0.1) is 30.1 Å². The van der Waals surface area contributed by atoms with Crippen molar-refractivity contribution in [2.45, 2.75) is 6.10 Å². The van der Waals surface area contributed by atoms with Gasteiger partial charge in [0.25, 0.3) is 0 Å². The Morgan fingerprint density at radius 3 is 2.60 bits per heavy atom. The molecular weight excluding hydrogens is 128 g/mol. The lowest BCUT2D eigenvalue weighted by atomic mass is 10.2. The molecular formula is C8H10O2. The zero-order chi connectivity index (χ0) is 7.14. The fourth-order valence-electron chi connectivity index (χ4n) is 1.86. The number of terminal acetylenes is 1. The van der Waals surface area contributed by atoms with E-state index in [9.17, 15) is 5.11 Å². The van der Waals surface area contributed by atoms with E-state index in [4.69, 9.17) is 11.2 Å². The number of hydrogen-bond acceptors (Lipinski definition) is 2. The standard InChI is InChI=1S/C8H10O2/c1-2-7(9)8-5-3-10-4-6(5)8/h1,5-9H,3-4H2. The minimum atomic E-state index is -0.529. The zero-order valence-electron chi connectivity index (χ0n) is 5.66. The van der Waals surface area contributed by atoms with Gasteiger partial charge in [-0.25, -0.2) is 0 Å². The predicted octanol–water partition coefficient (Wildman–Crippen LogP) is -0.127. The second-order valence-electron chi connectivity index (χ2n) is 3.05. The van der Waals surface area contributed by atoms with Crippen molar-refractivity contribution in [2.24, 2.45) is 17.8 Å². The van der Waals surface area contributed by atoms with Gasteiger partial charge in [0.1, 0.15) is 6.10 Å². The highest BCUT2D eigenvalue weighted by Crippen LogP contribution is 2.52. The quantitative estimate of drug-likeness (QED) is 0.511. The van der Waals surface area contributed by atoms with Crippen molar-refractivity contribution in [3.63, 3.8) is 0 Å². The molecule has 2 fully saturated rings. The molecule has 2 rings (SSSR count). The molecule has 0 aromatic rings. The van der Waals surface area contributed by atoms with Gasteiger partial charge in [-0.15, -0.1) is 6.42 Å². The van der Waals surface area contributed by atoms with Crippen LogP contribution in [0.3, 0.4) is 0 Å². The normalized spacial score (nSPS) is 45.8. The third kappa shape index (κ3) is 0.681. The zero-order valence-corrected chi connectivity index (χ0v) is 5.66. The molecule has 0 bridgehead atoms. The molecule has 1 heterocycles. The summed E-state index contributed by atoms with van der Waals surface area (Å²) in [6.45, 7) is 1.60. The van der Waals surface area contributed by atoms with Crippen LogP contribution in [-0.2, 0) is 4.74 Å². The van der Waals surface area contributed by atoms with Gasteiger partial charge >= 0.3 is 0 Å². The van der Waals surface area contributed by atoms with E-state index >= 15 is 0 Å². The van der Waals surface area contributed by atoms with Gasteiger partial charge in [0.2, 0.25) is 0 Å². The van der Waals surface area contributed by atoms with Crippen LogP contribution in [0.25, 0.3) is 0 Å². The van der Waals surface area contributed by atoms with Crippen molar-refractivity contribution in [2.75, 3.05) is 13.2 Å². The molecule has 1 aliphatic heterocycles. The second kappa shape index (κ2) is 1.98. The maximum Gasteiger partial charge on any atom is 0.118 e. The van der Waals surface area contributed by atoms with E-state index in [1.807, 2.05) is 0 Å². The second-order valence-corrected chi connectivity index (χ2v) is 3.05. The van der Waals surface area contributed by atoms with E-state index in [-0.39, 0.29) is 0 Å². The van der Waals surface area contributed by atoms with Crippen LogP contribution in [0.5, 0.6) is 0 Å². The molecule has 10 heavy (non-hydrogen) atoms. The molecule has 1 N–H and O–H groups in total. The molecule has 3 unspecified atom stereocenters. The Bertz CT molecular complexity index is 172. The van der Waals surface area contributed by atoms with Crippen LogP contribution in [0.1, 0.15) is 0 Å². The van der Waals surface area contributed by atoms with Gasteiger partial charge in [-0.3, -0.25) is 0 Å². The third-order valence-electron chi connectivity index (χ3n) is 2.55. The summed E-state index contributed by atoms with van der Waals surface area (Å²) >= 11 is 0. The molecule has 0 amide bonds. The summed E-state index contributed by atoms with van der Waals surface area (Å²) < 4.78 is 5.15. The lowest BCUT2D eigenvalue weighted by molar-refractivity contribution is 0.114. The van der Waals surface area contributed by atoms with Crippen molar-refractivity contribution in [1.82, 2.24) is 0 Å². The average Bonchev–Trinajstić information content (AvgIpc) is 2.43. The van der Waals surface area contributed by atoms with Gasteiger partial charge in [-0.05, 0) is 11.8 Å². The summed E-state index contributed by atoms with van der Waals surface area (Å²) in [7, 11) is 0. The van der Waals surface area contributed by atoms with E-state index in [0.717, 1.165) is 13.2 Å². The summed E-state index contributed by atoms with van der Waals surface area (Å²) in [4.78, 5) is 0. The number of hydrogen-bond donors (Lipinski definition) is 1. The summed E-state index contributed by atoms with van der Waals surface area (Å²) in [5, 5.41) is 9.21. The Labute approximate surface area is 60.2 Å². The van der Waals surface area contributed by atoms with Gasteiger partial charge in [-0.2, -0.15) is 0 Å². The van der Waals surface area contributed by atoms with Crippen molar-refractivity contribution in [3.05, 3.63) is 0 Å². The average molecular weight is 138 g/mol. The lowest BCUT2D eigenvalue weighted by Gasteiger charge is -2.04. The van der Waals surface area contributed by atoms with Crippen LogP contribution in [0.15, 0.2) is 0 Å². The van der Waals surface area contributed by atoms with E-state index in [1.54, 1.807) is 0 Å². The van der Waals surface area contributed by atoms with Gasteiger partial charge in [0.15, 0.2) is 0 Å². The van der Waals surface area contributed by atoms with E-state index < -0.39 is 6.10 Å². The molecule has 2 aliphatic rings. The van der Waals surface area contributed by atoms with Gasteiger partial charge in [0, 0.05) is 5.92 Å². The number of aliphatic hydroxyl groups excluding tert-OH is 1. The fourth-order valence-corrected chi connectivity index (χ4v) is 1.86. The minimum Gasteiger partial charge on any atom is -0.381 e. The molecule has 0 aromatic heterocycles. The minimum absolute atomic E-state index is 0.346. The van der Waals surface area contributed by atoms with Crippen molar-refractivity contribution in [1.29, 1.82) is 0 Å². The van der Waals surface area contributed by atoms with E-state index in [0.29, 0.717) is 17.8 Å². The summed E-state index contributed by atoms with van der Waals surface area (Å²) in [5.41, 5.74) is 0. The Morgan fingerprint density at radius 2 is 2.10 bits per heavy atom. The van der Waals surface area contributed by atoms with Gasteiger partial charge in [0.05, 0.1) is 13.2 Å². The van der Waals surface area contributed by atoms with Crippen LogP contribution in [0.4, 0.5) is 0 Å². The van der Waals surface area contributed by atoms with Gasteiger partial charge < -0.3 is 9.84 Å². The Balaban J connectivity index is 1.96. The topological polar surface area (TPSA) is 29.5 Å². The summed E-state index contributed by atoms with van der Waals surface area (Å²) in [6.07, 6.45) is 4.55. The van der Waals surface area contributed by atoms with Crippen LogP contribution in [0.2, 0.25) is 0 Å². The molecule has 54 valence electrons. The summed E-state index contributed by atoms with van der Waals surface area (Å²) in [6, 6.07) is 0. The van der Waals surface area contributed by atoms with Crippen molar-refractivity contribution >= 4 is 0 Å². The van der Waals surface area contributed by atoms with Crippen LogP contribution >= 0.6 is 0 Å². The van der Waals surface area contributed by atoms with E-state index in [2.05, 4.69) is 5.92 Å². The smallest absolute Gasteiger partial charge is 0.118 e. The highest BCUT2D eigenvalue weighted by atomic mass is 16.5. The molecule has 0 radical (unpaired) electrons. The Hall–Kier alpha value is -0.520. The fraction of sp³-hybridized carbons (Fsp3) is 0.750. The SMILES string of the molecule is C#CC(O)C1C2COCC21. The number of rotatable bonds is 1. The maximum absolute atomic E-state index is 9.21. The molecule has 3 atom stereocenters. The molecule has 2 nitrogen and oxygen atoms in total. The first kappa shape index (κ1) is 6.21. The van der Waals surface area contributed by atoms with Crippen LogP contribution < -0.4 is 0 Å². The van der Waals surface area contributed by atoms with Gasteiger partial charge in [-0.1, -0.05) is 5.92 Å². The molecule has 0 aromatic carbocycles. The molecule has 2 heteroatoms.